The van der Waals surface area contributed by atoms with Crippen molar-refractivity contribution >= 4 is 17.5 Å². The van der Waals surface area contributed by atoms with Gasteiger partial charge in [-0.05, 0) is 23.3 Å². The third-order valence-electron chi connectivity index (χ3n) is 3.09. The smallest absolute Gasteiger partial charge is 0.337 e. The van der Waals surface area contributed by atoms with E-state index < -0.39 is 11.9 Å². The molecule has 5 heteroatoms. The molecule has 94 valence electrons. The second kappa shape index (κ2) is 4.70. The van der Waals surface area contributed by atoms with Gasteiger partial charge in [0.2, 0.25) is 0 Å². The molecule has 0 fully saturated rings. The second-order valence-corrected chi connectivity index (χ2v) is 4.15. The monoisotopic (exact) mass is 247 g/mol. The van der Waals surface area contributed by atoms with Crippen molar-refractivity contribution in [2.45, 2.75) is 12.3 Å². The Bertz CT molecular complexity index is 528. The van der Waals surface area contributed by atoms with Crippen LogP contribution < -0.4 is 5.73 Å². The first-order chi connectivity index (χ1) is 8.58. The Kier molecular flexibility index (Phi) is 3.25. The first-order valence-electron chi connectivity index (χ1n) is 5.55. The summed E-state index contributed by atoms with van der Waals surface area (Å²) in [6.07, 6.45) is 0.215. The van der Waals surface area contributed by atoms with E-state index in [1.54, 1.807) is 18.2 Å². The standard InChI is InChI=1S/C13H13NO4/c1-18-13(17)8-3-2-7-5-10(15)12(9(7)4-8)11(16)6-14/h2-4,12H,5-6,14H2,1H3. The molecule has 0 bridgehead atoms. The molecule has 5 nitrogen and oxygen atoms in total. The summed E-state index contributed by atoms with van der Waals surface area (Å²) < 4.78 is 4.61. The summed E-state index contributed by atoms with van der Waals surface area (Å²) in [5.74, 6) is -1.80. The lowest BCUT2D eigenvalue weighted by Crippen LogP contribution is -2.25. The van der Waals surface area contributed by atoms with Crippen LogP contribution in [0.15, 0.2) is 18.2 Å². The molecule has 18 heavy (non-hydrogen) atoms. The number of ketones is 2. The molecule has 0 saturated heterocycles. The summed E-state index contributed by atoms with van der Waals surface area (Å²) in [6, 6.07) is 4.82. The van der Waals surface area contributed by atoms with Crippen molar-refractivity contribution in [1.82, 2.24) is 0 Å². The van der Waals surface area contributed by atoms with Gasteiger partial charge in [-0.15, -0.1) is 0 Å². The van der Waals surface area contributed by atoms with Crippen LogP contribution in [0.2, 0.25) is 0 Å². The van der Waals surface area contributed by atoms with Gasteiger partial charge in [-0.2, -0.15) is 0 Å². The predicted molar refractivity (Wildman–Crippen MR) is 63.3 cm³/mol. The Morgan fingerprint density at radius 3 is 2.78 bits per heavy atom. The van der Waals surface area contributed by atoms with Crippen LogP contribution in [0.4, 0.5) is 0 Å². The zero-order chi connectivity index (χ0) is 13.3. The van der Waals surface area contributed by atoms with E-state index in [9.17, 15) is 14.4 Å². The third-order valence-corrected chi connectivity index (χ3v) is 3.09. The highest BCUT2D eigenvalue weighted by molar-refractivity contribution is 6.12. The van der Waals surface area contributed by atoms with Gasteiger partial charge in [-0.25, -0.2) is 4.79 Å². The molecule has 1 aliphatic rings. The van der Waals surface area contributed by atoms with Crippen molar-refractivity contribution in [3.63, 3.8) is 0 Å². The predicted octanol–water partition coefficient (Wildman–Crippen LogP) is 0.210. The Morgan fingerprint density at radius 1 is 1.44 bits per heavy atom. The van der Waals surface area contributed by atoms with E-state index in [0.29, 0.717) is 11.1 Å². The molecule has 1 unspecified atom stereocenters. The number of carbonyl (C=O) groups is 3. The van der Waals surface area contributed by atoms with Gasteiger partial charge < -0.3 is 10.5 Å². The van der Waals surface area contributed by atoms with Gasteiger partial charge in [0.1, 0.15) is 5.92 Å². The lowest BCUT2D eigenvalue weighted by molar-refractivity contribution is -0.127. The SMILES string of the molecule is COC(=O)c1ccc2c(c1)C(C(=O)CN)C(=O)C2. The molecule has 1 atom stereocenters. The Labute approximate surface area is 104 Å². The van der Waals surface area contributed by atoms with Crippen molar-refractivity contribution in [3.05, 3.63) is 34.9 Å². The van der Waals surface area contributed by atoms with Crippen LogP contribution in [0.3, 0.4) is 0 Å². The Hall–Kier alpha value is -2.01. The van der Waals surface area contributed by atoms with Crippen LogP contribution in [0, 0.1) is 0 Å². The maximum atomic E-state index is 11.8. The number of fused-ring (bicyclic) bond motifs is 1. The molecule has 1 aromatic carbocycles. The lowest BCUT2D eigenvalue weighted by Gasteiger charge is -2.08. The number of ether oxygens (including phenoxy) is 1. The number of hydrogen-bond donors (Lipinski definition) is 1. The molecule has 1 aliphatic carbocycles. The molecule has 0 amide bonds. The third kappa shape index (κ3) is 1.93. The molecule has 2 rings (SSSR count). The number of hydrogen-bond acceptors (Lipinski definition) is 5. The van der Waals surface area contributed by atoms with Gasteiger partial charge in [0.15, 0.2) is 11.6 Å². The minimum Gasteiger partial charge on any atom is -0.465 e. The maximum absolute atomic E-state index is 11.8. The zero-order valence-electron chi connectivity index (χ0n) is 9.93. The molecule has 0 radical (unpaired) electrons. The molecule has 0 spiro atoms. The Morgan fingerprint density at radius 2 is 2.17 bits per heavy atom. The summed E-state index contributed by atoms with van der Waals surface area (Å²) >= 11 is 0. The van der Waals surface area contributed by atoms with Crippen LogP contribution in [0.5, 0.6) is 0 Å². The van der Waals surface area contributed by atoms with Crippen molar-refractivity contribution < 1.29 is 19.1 Å². The number of nitrogens with two attached hydrogens (primary N) is 1. The van der Waals surface area contributed by atoms with E-state index in [1.807, 2.05) is 0 Å². The summed E-state index contributed by atoms with van der Waals surface area (Å²) in [5.41, 5.74) is 6.99. The summed E-state index contributed by atoms with van der Waals surface area (Å²) in [5, 5.41) is 0. The van der Waals surface area contributed by atoms with E-state index in [0.717, 1.165) is 5.56 Å². The summed E-state index contributed by atoms with van der Waals surface area (Å²) in [7, 11) is 1.28. The average Bonchev–Trinajstić information content (AvgIpc) is 2.71. The van der Waals surface area contributed by atoms with E-state index in [4.69, 9.17) is 5.73 Å². The van der Waals surface area contributed by atoms with Gasteiger partial charge in [-0.1, -0.05) is 6.07 Å². The summed E-state index contributed by atoms with van der Waals surface area (Å²) in [6.45, 7) is -0.182. The van der Waals surface area contributed by atoms with Gasteiger partial charge in [0.25, 0.3) is 0 Å². The van der Waals surface area contributed by atoms with Gasteiger partial charge in [0.05, 0.1) is 19.2 Å². The van der Waals surface area contributed by atoms with Crippen LogP contribution in [0.1, 0.15) is 27.4 Å². The minimum absolute atomic E-state index is 0.164. The zero-order valence-corrected chi connectivity index (χ0v) is 9.93. The topological polar surface area (TPSA) is 86.5 Å². The van der Waals surface area contributed by atoms with E-state index in [2.05, 4.69) is 4.74 Å². The average molecular weight is 247 g/mol. The fraction of sp³-hybridized carbons (Fsp3) is 0.308. The number of methoxy groups -OCH3 is 1. The number of benzene rings is 1. The van der Waals surface area contributed by atoms with Crippen LogP contribution in [-0.2, 0) is 20.7 Å². The quantitative estimate of drug-likeness (QED) is 0.609. The molecule has 1 aromatic rings. The van der Waals surface area contributed by atoms with Crippen LogP contribution >= 0.6 is 0 Å². The van der Waals surface area contributed by atoms with Crippen molar-refractivity contribution in [1.29, 1.82) is 0 Å². The number of rotatable bonds is 3. The van der Waals surface area contributed by atoms with E-state index in [1.165, 1.54) is 7.11 Å². The molecule has 0 saturated carbocycles. The lowest BCUT2D eigenvalue weighted by atomic mass is 9.94. The molecule has 0 heterocycles. The fourth-order valence-corrected chi connectivity index (χ4v) is 2.20. The van der Waals surface area contributed by atoms with Crippen LogP contribution in [-0.4, -0.2) is 31.2 Å². The molecule has 0 aliphatic heterocycles. The first-order valence-corrected chi connectivity index (χ1v) is 5.55. The number of esters is 1. The molecular weight excluding hydrogens is 234 g/mol. The minimum atomic E-state index is -0.824. The van der Waals surface area contributed by atoms with Crippen molar-refractivity contribution in [2.24, 2.45) is 5.73 Å². The normalized spacial score (nSPS) is 17.4. The number of carbonyl (C=O) groups excluding carboxylic acids is 3. The second-order valence-electron chi connectivity index (χ2n) is 4.15. The van der Waals surface area contributed by atoms with Gasteiger partial charge in [0, 0.05) is 6.42 Å². The highest BCUT2D eigenvalue weighted by atomic mass is 16.5. The first kappa shape index (κ1) is 12.4. The number of Topliss-reactive ketones (excluding diaryl/α,β-unsaturated/α-hetero) is 2. The van der Waals surface area contributed by atoms with Crippen LogP contribution in [0.25, 0.3) is 0 Å². The highest BCUT2D eigenvalue weighted by Gasteiger charge is 2.35. The van der Waals surface area contributed by atoms with E-state index >= 15 is 0 Å². The molecule has 0 aromatic heterocycles. The van der Waals surface area contributed by atoms with Crippen molar-refractivity contribution in [2.75, 3.05) is 13.7 Å². The van der Waals surface area contributed by atoms with Gasteiger partial charge >= 0.3 is 5.97 Å². The molecular formula is C13H13NO4. The molecule has 2 N–H and O–H groups in total. The summed E-state index contributed by atoms with van der Waals surface area (Å²) in [4.78, 5) is 34.9. The Balaban J connectivity index is 2.46. The fourth-order valence-electron chi connectivity index (χ4n) is 2.20. The highest BCUT2D eigenvalue weighted by Crippen LogP contribution is 2.31. The van der Waals surface area contributed by atoms with Gasteiger partial charge in [-0.3, -0.25) is 9.59 Å². The van der Waals surface area contributed by atoms with E-state index in [-0.39, 0.29) is 24.5 Å². The van der Waals surface area contributed by atoms with Crippen molar-refractivity contribution in [3.8, 4) is 0 Å². The largest absolute Gasteiger partial charge is 0.465 e. The maximum Gasteiger partial charge on any atom is 0.337 e.